The Hall–Kier alpha value is -1.89. The van der Waals surface area contributed by atoms with Crippen molar-refractivity contribution in [3.63, 3.8) is 0 Å². The minimum atomic E-state index is -0.612. The monoisotopic (exact) mass is 385 g/mol. The maximum absolute atomic E-state index is 11.8. The fourth-order valence-corrected chi connectivity index (χ4v) is 3.04. The predicted octanol–water partition coefficient (Wildman–Crippen LogP) is 4.20. The second-order valence-electron chi connectivity index (χ2n) is 4.77. The second kappa shape index (κ2) is 8.82. The van der Waals surface area contributed by atoms with Crippen molar-refractivity contribution in [1.82, 2.24) is 0 Å². The molecule has 1 N–H and O–H groups in total. The quantitative estimate of drug-likeness (QED) is 0.572. The summed E-state index contributed by atoms with van der Waals surface area (Å²) in [5.41, 5.74) is 0.404. The van der Waals surface area contributed by atoms with E-state index in [2.05, 4.69) is 5.32 Å². The first-order valence-electron chi connectivity index (χ1n) is 6.92. The van der Waals surface area contributed by atoms with Crippen molar-refractivity contribution in [3.05, 3.63) is 50.6 Å². The fraction of sp³-hybridized carbons (Fsp3) is 0.188. The minimum absolute atomic E-state index is 0.0465. The zero-order valence-electron chi connectivity index (χ0n) is 12.4. The molecular formula is C16H13Cl2NO4S. The maximum Gasteiger partial charge on any atom is 0.306 e. The van der Waals surface area contributed by atoms with Crippen molar-refractivity contribution < 1.29 is 19.1 Å². The molecule has 0 aliphatic carbocycles. The van der Waals surface area contributed by atoms with E-state index in [1.165, 1.54) is 29.5 Å². The molecular weight excluding hydrogens is 373 g/mol. The van der Waals surface area contributed by atoms with E-state index in [1.807, 2.05) is 0 Å². The molecule has 0 aliphatic heterocycles. The number of carbonyl (C=O) groups excluding carboxylic acids is 3. The molecule has 2 rings (SSSR count). The summed E-state index contributed by atoms with van der Waals surface area (Å²) in [6.07, 6.45) is -0.0299. The maximum atomic E-state index is 11.8. The molecule has 5 nitrogen and oxygen atoms in total. The normalized spacial score (nSPS) is 10.2. The van der Waals surface area contributed by atoms with Gasteiger partial charge in [0.2, 0.25) is 0 Å². The smallest absolute Gasteiger partial charge is 0.306 e. The Balaban J connectivity index is 1.73. The third-order valence-electron chi connectivity index (χ3n) is 2.86. The van der Waals surface area contributed by atoms with Gasteiger partial charge in [-0.2, -0.15) is 0 Å². The Morgan fingerprint density at radius 3 is 2.42 bits per heavy atom. The van der Waals surface area contributed by atoms with Crippen molar-refractivity contribution in [2.75, 3.05) is 11.9 Å². The van der Waals surface area contributed by atoms with E-state index >= 15 is 0 Å². The van der Waals surface area contributed by atoms with Crippen LogP contribution in [0.25, 0.3) is 0 Å². The number of ether oxygens (including phenoxy) is 1. The van der Waals surface area contributed by atoms with Crippen molar-refractivity contribution in [1.29, 1.82) is 0 Å². The van der Waals surface area contributed by atoms with E-state index in [4.69, 9.17) is 27.9 Å². The van der Waals surface area contributed by atoms with Gasteiger partial charge in [0, 0.05) is 22.2 Å². The number of ketones is 1. The Bertz CT molecular complexity index is 726. The molecule has 1 heterocycles. The number of nitrogens with one attached hydrogen (secondary N) is 1. The number of rotatable bonds is 7. The van der Waals surface area contributed by atoms with Crippen molar-refractivity contribution >= 4 is 57.9 Å². The van der Waals surface area contributed by atoms with Crippen LogP contribution in [-0.2, 0) is 14.3 Å². The molecule has 0 saturated heterocycles. The fourth-order valence-electron chi connectivity index (χ4n) is 1.82. The molecule has 0 aliphatic rings. The number of halogens is 2. The Kier molecular flexibility index (Phi) is 6.78. The van der Waals surface area contributed by atoms with Gasteiger partial charge in [0.15, 0.2) is 12.4 Å². The van der Waals surface area contributed by atoms with E-state index in [-0.39, 0.29) is 18.6 Å². The summed E-state index contributed by atoms with van der Waals surface area (Å²) in [4.78, 5) is 35.7. The molecule has 126 valence electrons. The molecule has 24 heavy (non-hydrogen) atoms. The van der Waals surface area contributed by atoms with Gasteiger partial charge < -0.3 is 10.1 Å². The van der Waals surface area contributed by atoms with Crippen LogP contribution in [-0.4, -0.2) is 24.3 Å². The molecule has 0 spiro atoms. The zero-order valence-corrected chi connectivity index (χ0v) is 14.7. The topological polar surface area (TPSA) is 72.5 Å². The molecule has 0 fully saturated rings. The van der Waals surface area contributed by atoms with Crippen molar-refractivity contribution in [3.8, 4) is 0 Å². The van der Waals surface area contributed by atoms with Crippen LogP contribution in [0.4, 0.5) is 5.69 Å². The lowest BCUT2D eigenvalue weighted by Gasteiger charge is -2.07. The summed E-state index contributed by atoms with van der Waals surface area (Å²) in [5.74, 6) is -1.26. The lowest BCUT2D eigenvalue weighted by Crippen LogP contribution is -2.21. The largest absolute Gasteiger partial charge is 0.456 e. The van der Waals surface area contributed by atoms with Gasteiger partial charge in [-0.1, -0.05) is 29.3 Å². The molecule has 1 amide bonds. The summed E-state index contributed by atoms with van der Waals surface area (Å²) in [5, 5.41) is 5.06. The summed E-state index contributed by atoms with van der Waals surface area (Å²) < 4.78 is 4.84. The highest BCUT2D eigenvalue weighted by atomic mass is 35.5. The van der Waals surface area contributed by atoms with Crippen molar-refractivity contribution in [2.24, 2.45) is 0 Å². The lowest BCUT2D eigenvalue weighted by atomic mass is 10.2. The van der Waals surface area contributed by atoms with E-state index in [9.17, 15) is 14.4 Å². The van der Waals surface area contributed by atoms with E-state index in [1.54, 1.807) is 17.5 Å². The number of carbonyl (C=O) groups is 3. The lowest BCUT2D eigenvalue weighted by molar-refractivity contribution is -0.147. The molecule has 1 aromatic heterocycles. The average molecular weight is 386 g/mol. The molecule has 2 aromatic rings. The molecule has 0 saturated carbocycles. The summed E-state index contributed by atoms with van der Waals surface area (Å²) in [7, 11) is 0. The Morgan fingerprint density at radius 2 is 1.79 bits per heavy atom. The van der Waals surface area contributed by atoms with Crippen LogP contribution in [0.1, 0.15) is 22.5 Å². The molecule has 1 aromatic carbocycles. The number of thiophene rings is 1. The van der Waals surface area contributed by atoms with Gasteiger partial charge in [-0.3, -0.25) is 14.4 Å². The van der Waals surface area contributed by atoms with Crippen LogP contribution < -0.4 is 5.32 Å². The number of benzene rings is 1. The van der Waals surface area contributed by atoms with Crippen LogP contribution in [0.2, 0.25) is 10.0 Å². The third kappa shape index (κ3) is 5.96. The van der Waals surface area contributed by atoms with Crippen LogP contribution in [0.3, 0.4) is 0 Å². The first-order valence-corrected chi connectivity index (χ1v) is 8.56. The van der Waals surface area contributed by atoms with Gasteiger partial charge in [-0.25, -0.2) is 0 Å². The summed E-state index contributed by atoms with van der Waals surface area (Å²) >= 11 is 13.0. The van der Waals surface area contributed by atoms with Gasteiger partial charge >= 0.3 is 5.97 Å². The van der Waals surface area contributed by atoms with E-state index in [0.29, 0.717) is 20.6 Å². The molecule has 0 bridgehead atoms. The SMILES string of the molecule is O=C(COC(=O)CCC(=O)c1cccs1)Nc1cc(Cl)cc(Cl)c1. The second-order valence-corrected chi connectivity index (χ2v) is 6.59. The molecule has 0 radical (unpaired) electrons. The van der Waals surface area contributed by atoms with Gasteiger partial charge in [-0.15, -0.1) is 11.3 Å². The minimum Gasteiger partial charge on any atom is -0.456 e. The number of Topliss-reactive ketones (excluding diaryl/α,β-unsaturated/α-hetero) is 1. The van der Waals surface area contributed by atoms with E-state index in [0.717, 1.165) is 0 Å². The Labute approximate surface area is 152 Å². The standard InChI is InChI=1S/C16H13Cl2NO4S/c17-10-6-11(18)8-12(7-10)19-15(21)9-23-16(22)4-3-13(20)14-2-1-5-24-14/h1-2,5-8H,3-4,9H2,(H,19,21). The highest BCUT2D eigenvalue weighted by Gasteiger charge is 2.12. The van der Waals surface area contributed by atoms with Crippen LogP contribution >= 0.6 is 34.5 Å². The van der Waals surface area contributed by atoms with Gasteiger partial charge in [0.25, 0.3) is 5.91 Å². The number of hydrogen-bond donors (Lipinski definition) is 1. The Morgan fingerprint density at radius 1 is 1.08 bits per heavy atom. The first kappa shape index (κ1) is 18.4. The average Bonchev–Trinajstić information content (AvgIpc) is 3.04. The van der Waals surface area contributed by atoms with Crippen LogP contribution in [0.15, 0.2) is 35.7 Å². The highest BCUT2D eigenvalue weighted by Crippen LogP contribution is 2.22. The van der Waals surface area contributed by atoms with Gasteiger partial charge in [0.1, 0.15) is 0 Å². The highest BCUT2D eigenvalue weighted by molar-refractivity contribution is 7.12. The van der Waals surface area contributed by atoms with Crippen LogP contribution in [0, 0.1) is 0 Å². The molecule has 8 heteroatoms. The number of anilines is 1. The predicted molar refractivity (Wildman–Crippen MR) is 93.9 cm³/mol. The van der Waals surface area contributed by atoms with Gasteiger partial charge in [-0.05, 0) is 29.6 Å². The number of esters is 1. The molecule has 0 unspecified atom stereocenters. The zero-order chi connectivity index (χ0) is 17.5. The molecule has 0 atom stereocenters. The summed E-state index contributed by atoms with van der Waals surface area (Å²) in [6, 6.07) is 8.04. The third-order valence-corrected chi connectivity index (χ3v) is 4.21. The van der Waals surface area contributed by atoms with E-state index < -0.39 is 18.5 Å². The first-order chi connectivity index (χ1) is 11.4. The van der Waals surface area contributed by atoms with Crippen LogP contribution in [0.5, 0.6) is 0 Å². The van der Waals surface area contributed by atoms with Gasteiger partial charge in [0.05, 0.1) is 11.3 Å². The number of hydrogen-bond acceptors (Lipinski definition) is 5. The number of amides is 1. The summed E-state index contributed by atoms with van der Waals surface area (Å²) in [6.45, 7) is -0.448. The van der Waals surface area contributed by atoms with Crippen molar-refractivity contribution in [2.45, 2.75) is 12.8 Å².